The second-order valence-corrected chi connectivity index (χ2v) is 8.41. The van der Waals surface area contributed by atoms with Crippen molar-refractivity contribution in [3.8, 4) is 11.4 Å². The first-order chi connectivity index (χ1) is 16.8. The highest BCUT2D eigenvalue weighted by Crippen LogP contribution is 2.30. The van der Waals surface area contributed by atoms with Crippen molar-refractivity contribution in [1.29, 1.82) is 0 Å². The van der Waals surface area contributed by atoms with Gasteiger partial charge in [0.15, 0.2) is 5.82 Å². The van der Waals surface area contributed by atoms with Crippen LogP contribution in [0.5, 0.6) is 0 Å². The van der Waals surface area contributed by atoms with Crippen LogP contribution in [0.25, 0.3) is 33.2 Å². The van der Waals surface area contributed by atoms with Crippen molar-refractivity contribution in [2.45, 2.75) is 6.42 Å². The number of hydrogen-bond donors (Lipinski definition) is 3. The van der Waals surface area contributed by atoms with Crippen molar-refractivity contribution >= 4 is 44.7 Å². The fourth-order valence-corrected chi connectivity index (χ4v) is 4.45. The molecule has 0 bridgehead atoms. The minimum atomic E-state index is 0.665. The molecule has 7 heteroatoms. The van der Waals surface area contributed by atoms with E-state index >= 15 is 0 Å². The van der Waals surface area contributed by atoms with E-state index in [1.54, 1.807) is 6.20 Å². The maximum atomic E-state index is 4.81. The number of rotatable bonds is 4. The van der Waals surface area contributed by atoms with Gasteiger partial charge in [0.2, 0.25) is 0 Å². The Hall–Kier alpha value is -4.78. The van der Waals surface area contributed by atoms with Crippen LogP contribution in [0.4, 0.5) is 17.2 Å². The molecule has 4 heterocycles. The third kappa shape index (κ3) is 3.22. The van der Waals surface area contributed by atoms with Gasteiger partial charge in [-0.3, -0.25) is 10.1 Å². The zero-order valence-corrected chi connectivity index (χ0v) is 18.1. The lowest BCUT2D eigenvalue weighted by atomic mass is 10.1. The molecule has 0 atom stereocenters. The molecule has 0 unspecified atom stereocenters. The summed E-state index contributed by atoms with van der Waals surface area (Å²) in [5.74, 6) is 1.40. The number of fused-ring (bicyclic) bond motifs is 3. The highest BCUT2D eigenvalue weighted by Gasteiger charge is 2.17. The first kappa shape index (κ1) is 18.8. The lowest BCUT2D eigenvalue weighted by Gasteiger charge is -2.07. The van der Waals surface area contributed by atoms with Gasteiger partial charge in [-0.05, 0) is 48.0 Å². The van der Waals surface area contributed by atoms with Crippen molar-refractivity contribution in [3.05, 3.63) is 96.4 Å². The van der Waals surface area contributed by atoms with Crippen molar-refractivity contribution in [3.63, 3.8) is 0 Å². The van der Waals surface area contributed by atoms with Gasteiger partial charge >= 0.3 is 0 Å². The Morgan fingerprint density at radius 2 is 1.82 bits per heavy atom. The van der Waals surface area contributed by atoms with Gasteiger partial charge in [0.05, 0.1) is 28.8 Å². The molecule has 0 fully saturated rings. The zero-order valence-electron chi connectivity index (χ0n) is 18.1. The summed E-state index contributed by atoms with van der Waals surface area (Å²) in [4.78, 5) is 17.6. The summed E-state index contributed by atoms with van der Waals surface area (Å²) in [5, 5.41) is 12.6. The van der Waals surface area contributed by atoms with Gasteiger partial charge in [-0.1, -0.05) is 30.3 Å². The molecule has 1 aliphatic rings. The first-order valence-corrected chi connectivity index (χ1v) is 11.1. The number of nitrogens with one attached hydrogen (secondary N) is 3. The standard InChI is InChI=1S/C27H19N7/c1-2-4-21-16(3-1)12-24(31-21)25-13-17-5-6-18(14-23(17)32-25)27-28-10-9-26(33-27)30-20-7-8-22-19(11-20)15-29-34-22/h1-11,13-15,32H,12H2,(H,29,34)(H,28,30,33). The molecule has 0 saturated carbocycles. The number of H-pyrrole nitrogens is 2. The molecule has 3 aromatic carbocycles. The van der Waals surface area contributed by atoms with Crippen molar-refractivity contribution in [2.24, 2.45) is 4.99 Å². The second kappa shape index (κ2) is 7.38. The van der Waals surface area contributed by atoms with E-state index in [1.807, 2.05) is 36.5 Å². The van der Waals surface area contributed by atoms with E-state index in [2.05, 4.69) is 67.9 Å². The molecule has 0 radical (unpaired) electrons. The van der Waals surface area contributed by atoms with E-state index in [4.69, 9.17) is 9.98 Å². The summed E-state index contributed by atoms with van der Waals surface area (Å²) in [7, 11) is 0. The maximum Gasteiger partial charge on any atom is 0.161 e. The summed E-state index contributed by atoms with van der Waals surface area (Å²) in [6, 6.07) is 24.6. The maximum absolute atomic E-state index is 4.81. The molecule has 0 saturated heterocycles. The van der Waals surface area contributed by atoms with Crippen LogP contribution < -0.4 is 5.32 Å². The minimum absolute atomic E-state index is 0.665. The smallest absolute Gasteiger partial charge is 0.161 e. The number of anilines is 2. The summed E-state index contributed by atoms with van der Waals surface area (Å²) in [6.07, 6.45) is 4.43. The topological polar surface area (TPSA) is 94.6 Å². The Balaban J connectivity index is 1.18. The molecule has 162 valence electrons. The molecule has 7 nitrogen and oxygen atoms in total. The van der Waals surface area contributed by atoms with E-state index in [9.17, 15) is 0 Å². The Labute approximate surface area is 194 Å². The van der Waals surface area contributed by atoms with Crippen LogP contribution >= 0.6 is 0 Å². The van der Waals surface area contributed by atoms with Crippen molar-refractivity contribution in [2.75, 3.05) is 5.32 Å². The van der Waals surface area contributed by atoms with Gasteiger partial charge in [-0.2, -0.15) is 5.10 Å². The quantitative estimate of drug-likeness (QED) is 0.316. The average molecular weight is 441 g/mol. The van der Waals surface area contributed by atoms with Gasteiger partial charge in [-0.25, -0.2) is 9.97 Å². The number of hydrogen-bond acceptors (Lipinski definition) is 5. The molecular weight excluding hydrogens is 422 g/mol. The molecule has 0 aliphatic carbocycles. The summed E-state index contributed by atoms with van der Waals surface area (Å²) in [5.41, 5.74) is 8.37. The predicted octanol–water partition coefficient (Wildman–Crippen LogP) is 5.92. The number of aromatic nitrogens is 5. The minimum Gasteiger partial charge on any atom is -0.354 e. The van der Waals surface area contributed by atoms with Gasteiger partial charge in [-0.15, -0.1) is 0 Å². The predicted molar refractivity (Wildman–Crippen MR) is 135 cm³/mol. The molecule has 3 N–H and O–H groups in total. The molecule has 3 aromatic heterocycles. The fraction of sp³-hybridized carbons (Fsp3) is 0.0370. The van der Waals surface area contributed by atoms with Crippen LogP contribution in [0, 0.1) is 0 Å². The van der Waals surface area contributed by atoms with E-state index in [0.29, 0.717) is 5.82 Å². The van der Waals surface area contributed by atoms with Crippen LogP contribution in [-0.2, 0) is 6.42 Å². The summed E-state index contributed by atoms with van der Waals surface area (Å²) in [6.45, 7) is 0. The third-order valence-corrected chi connectivity index (χ3v) is 6.16. The molecule has 0 amide bonds. The van der Waals surface area contributed by atoms with Crippen LogP contribution in [-0.4, -0.2) is 30.9 Å². The molecule has 0 spiro atoms. The fourth-order valence-electron chi connectivity index (χ4n) is 4.45. The van der Waals surface area contributed by atoms with Crippen LogP contribution in [0.3, 0.4) is 0 Å². The van der Waals surface area contributed by atoms with Gasteiger partial charge in [0, 0.05) is 40.2 Å². The number of para-hydroxylation sites is 1. The van der Waals surface area contributed by atoms with Crippen molar-refractivity contribution < 1.29 is 0 Å². The number of aromatic amines is 2. The second-order valence-electron chi connectivity index (χ2n) is 8.41. The van der Waals surface area contributed by atoms with Gasteiger partial charge in [0.25, 0.3) is 0 Å². The zero-order chi connectivity index (χ0) is 22.5. The van der Waals surface area contributed by atoms with Gasteiger partial charge < -0.3 is 10.3 Å². The van der Waals surface area contributed by atoms with Crippen LogP contribution in [0.15, 0.2) is 90.2 Å². The Morgan fingerprint density at radius 3 is 2.79 bits per heavy atom. The normalized spacial score (nSPS) is 12.8. The number of aliphatic imine (C=N–C) groups is 1. The Bertz CT molecular complexity index is 1720. The van der Waals surface area contributed by atoms with E-state index in [1.165, 1.54) is 5.56 Å². The average Bonchev–Trinajstić information content (AvgIpc) is 3.60. The highest BCUT2D eigenvalue weighted by atomic mass is 15.1. The monoisotopic (exact) mass is 441 g/mol. The number of nitrogens with zero attached hydrogens (tertiary/aromatic N) is 4. The van der Waals surface area contributed by atoms with Gasteiger partial charge in [0.1, 0.15) is 5.82 Å². The van der Waals surface area contributed by atoms with Crippen LogP contribution in [0.1, 0.15) is 11.3 Å². The Kier molecular flexibility index (Phi) is 4.07. The highest BCUT2D eigenvalue weighted by molar-refractivity contribution is 6.08. The lowest BCUT2D eigenvalue weighted by Crippen LogP contribution is -2.00. The summed E-state index contributed by atoms with van der Waals surface area (Å²) >= 11 is 0. The van der Waals surface area contributed by atoms with E-state index in [-0.39, 0.29) is 0 Å². The molecular formula is C27H19N7. The van der Waals surface area contributed by atoms with Crippen molar-refractivity contribution in [1.82, 2.24) is 25.1 Å². The molecule has 6 aromatic rings. The third-order valence-electron chi connectivity index (χ3n) is 6.16. The Morgan fingerprint density at radius 1 is 0.853 bits per heavy atom. The largest absolute Gasteiger partial charge is 0.354 e. The summed E-state index contributed by atoms with van der Waals surface area (Å²) < 4.78 is 0. The SMILES string of the molecule is c1ccc2c(c1)CC(c1cc3ccc(-c4nccc(Nc5ccc6[nH]ncc6c5)n4)cc3[nH]1)=N2. The number of benzene rings is 3. The molecule has 7 rings (SSSR count). The van der Waals surface area contributed by atoms with Crippen LogP contribution in [0.2, 0.25) is 0 Å². The van der Waals surface area contributed by atoms with E-state index in [0.717, 1.165) is 62.4 Å². The first-order valence-electron chi connectivity index (χ1n) is 11.1. The lowest BCUT2D eigenvalue weighted by molar-refractivity contribution is 1.12. The molecule has 1 aliphatic heterocycles. The van der Waals surface area contributed by atoms with E-state index < -0.39 is 0 Å². The molecule has 34 heavy (non-hydrogen) atoms.